The van der Waals surface area contributed by atoms with Crippen molar-refractivity contribution >= 4 is 21.6 Å². The molecule has 0 saturated heterocycles. The van der Waals surface area contributed by atoms with Crippen molar-refractivity contribution in [1.29, 1.82) is 0 Å². The number of ether oxygens (including phenoxy) is 1. The molecular formula is C22H22N2O4S. The number of benzene rings is 3. The van der Waals surface area contributed by atoms with Crippen LogP contribution in [0.3, 0.4) is 0 Å². The SMILES string of the molecule is CC(Oc1ccccc1)C(=O)Nc1ccc(S(=O)(=O)NCc2ccccc2)cc1. The highest BCUT2D eigenvalue weighted by molar-refractivity contribution is 7.89. The van der Waals surface area contributed by atoms with E-state index in [1.807, 2.05) is 48.5 Å². The maximum atomic E-state index is 12.4. The van der Waals surface area contributed by atoms with Crippen LogP contribution in [0.2, 0.25) is 0 Å². The molecule has 1 atom stereocenters. The highest BCUT2D eigenvalue weighted by Gasteiger charge is 2.16. The maximum absolute atomic E-state index is 12.4. The van der Waals surface area contributed by atoms with Gasteiger partial charge in [-0.3, -0.25) is 4.79 Å². The summed E-state index contributed by atoms with van der Waals surface area (Å²) >= 11 is 0. The van der Waals surface area contributed by atoms with Crippen molar-refractivity contribution in [2.45, 2.75) is 24.5 Å². The van der Waals surface area contributed by atoms with Gasteiger partial charge < -0.3 is 10.1 Å². The van der Waals surface area contributed by atoms with E-state index in [1.165, 1.54) is 12.1 Å². The minimum Gasteiger partial charge on any atom is -0.481 e. The zero-order chi connectivity index (χ0) is 20.7. The topological polar surface area (TPSA) is 84.5 Å². The van der Waals surface area contributed by atoms with Gasteiger partial charge in [0.1, 0.15) is 5.75 Å². The van der Waals surface area contributed by atoms with Crippen LogP contribution < -0.4 is 14.8 Å². The summed E-state index contributed by atoms with van der Waals surface area (Å²) in [5.74, 6) is 0.271. The molecule has 3 aromatic carbocycles. The fraction of sp³-hybridized carbons (Fsp3) is 0.136. The minimum atomic E-state index is -3.65. The summed E-state index contributed by atoms with van der Waals surface area (Å²) in [5.41, 5.74) is 1.35. The number of hydrogen-bond donors (Lipinski definition) is 2. The van der Waals surface area contributed by atoms with Gasteiger partial charge in [-0.1, -0.05) is 48.5 Å². The smallest absolute Gasteiger partial charge is 0.265 e. The first-order valence-electron chi connectivity index (χ1n) is 9.10. The van der Waals surface area contributed by atoms with Crippen LogP contribution in [0.15, 0.2) is 89.8 Å². The molecule has 0 aromatic heterocycles. The summed E-state index contributed by atoms with van der Waals surface area (Å²) in [7, 11) is -3.65. The minimum absolute atomic E-state index is 0.125. The van der Waals surface area contributed by atoms with Crippen LogP contribution in [-0.4, -0.2) is 20.4 Å². The third-order valence-electron chi connectivity index (χ3n) is 4.17. The van der Waals surface area contributed by atoms with Crippen LogP contribution in [0.25, 0.3) is 0 Å². The van der Waals surface area contributed by atoms with E-state index in [2.05, 4.69) is 10.0 Å². The van der Waals surface area contributed by atoms with Crippen molar-refractivity contribution in [3.8, 4) is 5.75 Å². The highest BCUT2D eigenvalue weighted by Crippen LogP contribution is 2.16. The van der Waals surface area contributed by atoms with Crippen LogP contribution in [-0.2, 0) is 21.4 Å². The zero-order valence-electron chi connectivity index (χ0n) is 15.9. The summed E-state index contributed by atoms with van der Waals surface area (Å²) < 4.78 is 33.0. The Kier molecular flexibility index (Phi) is 6.64. The standard InChI is InChI=1S/C22H22N2O4S/c1-17(28-20-10-6-3-7-11-20)22(25)24-19-12-14-21(15-13-19)29(26,27)23-16-18-8-4-2-5-9-18/h2-15,17,23H,16H2,1H3,(H,24,25). The molecule has 0 aliphatic heterocycles. The monoisotopic (exact) mass is 410 g/mol. The second-order valence-corrected chi connectivity index (χ2v) is 8.16. The van der Waals surface area contributed by atoms with E-state index in [9.17, 15) is 13.2 Å². The number of hydrogen-bond acceptors (Lipinski definition) is 4. The Balaban J connectivity index is 1.58. The first kappa shape index (κ1) is 20.6. The Morgan fingerprint density at radius 1 is 0.897 bits per heavy atom. The van der Waals surface area contributed by atoms with E-state index in [4.69, 9.17) is 4.74 Å². The largest absolute Gasteiger partial charge is 0.481 e. The molecule has 6 nitrogen and oxygen atoms in total. The van der Waals surface area contributed by atoms with Gasteiger partial charge in [0.15, 0.2) is 6.10 Å². The molecule has 3 aromatic rings. The molecule has 1 unspecified atom stereocenters. The van der Waals surface area contributed by atoms with Gasteiger partial charge in [-0.15, -0.1) is 0 Å². The molecule has 0 radical (unpaired) electrons. The van der Waals surface area contributed by atoms with E-state index < -0.39 is 16.1 Å². The predicted molar refractivity (Wildman–Crippen MR) is 112 cm³/mol. The van der Waals surface area contributed by atoms with Crippen molar-refractivity contribution in [2.75, 3.05) is 5.32 Å². The predicted octanol–water partition coefficient (Wildman–Crippen LogP) is 3.57. The van der Waals surface area contributed by atoms with Gasteiger partial charge in [0.05, 0.1) is 4.90 Å². The molecule has 2 N–H and O–H groups in total. The Morgan fingerprint density at radius 3 is 2.10 bits per heavy atom. The quantitative estimate of drug-likeness (QED) is 0.595. The summed E-state index contributed by atoms with van der Waals surface area (Å²) in [6.07, 6.45) is -0.701. The summed E-state index contributed by atoms with van der Waals surface area (Å²) in [5, 5.41) is 2.72. The van der Waals surface area contributed by atoms with Gasteiger partial charge in [-0.25, -0.2) is 13.1 Å². The Hall–Kier alpha value is -3.16. The van der Waals surface area contributed by atoms with E-state index in [0.29, 0.717) is 11.4 Å². The lowest BCUT2D eigenvalue weighted by Crippen LogP contribution is -2.30. The van der Waals surface area contributed by atoms with Crippen molar-refractivity contribution in [1.82, 2.24) is 4.72 Å². The number of rotatable bonds is 8. The lowest BCUT2D eigenvalue weighted by Gasteiger charge is -2.15. The normalized spacial score (nSPS) is 12.2. The molecule has 0 aliphatic rings. The molecule has 0 bridgehead atoms. The number of nitrogens with one attached hydrogen (secondary N) is 2. The highest BCUT2D eigenvalue weighted by atomic mass is 32.2. The Morgan fingerprint density at radius 2 is 1.48 bits per heavy atom. The second-order valence-electron chi connectivity index (χ2n) is 6.40. The fourth-order valence-electron chi connectivity index (χ4n) is 2.58. The zero-order valence-corrected chi connectivity index (χ0v) is 16.7. The van der Waals surface area contributed by atoms with Crippen LogP contribution in [0.1, 0.15) is 12.5 Å². The van der Waals surface area contributed by atoms with Gasteiger partial charge in [0.2, 0.25) is 10.0 Å². The third-order valence-corrected chi connectivity index (χ3v) is 5.58. The van der Waals surface area contributed by atoms with E-state index >= 15 is 0 Å². The number of amides is 1. The van der Waals surface area contributed by atoms with Crippen LogP contribution in [0, 0.1) is 0 Å². The number of sulfonamides is 1. The first-order valence-corrected chi connectivity index (χ1v) is 10.6. The second kappa shape index (κ2) is 9.36. The van der Waals surface area contributed by atoms with Crippen LogP contribution in [0.4, 0.5) is 5.69 Å². The summed E-state index contributed by atoms with van der Waals surface area (Å²) in [4.78, 5) is 12.4. The molecule has 0 heterocycles. The molecule has 7 heteroatoms. The van der Waals surface area contributed by atoms with Gasteiger partial charge in [0.25, 0.3) is 5.91 Å². The molecule has 29 heavy (non-hydrogen) atoms. The number of carbonyl (C=O) groups is 1. The van der Waals surface area contributed by atoms with E-state index in [-0.39, 0.29) is 17.3 Å². The van der Waals surface area contributed by atoms with Gasteiger partial charge in [0, 0.05) is 12.2 Å². The van der Waals surface area contributed by atoms with Crippen molar-refractivity contribution in [3.63, 3.8) is 0 Å². The number of carbonyl (C=O) groups excluding carboxylic acids is 1. The molecule has 0 aliphatic carbocycles. The molecule has 3 rings (SSSR count). The third kappa shape index (κ3) is 5.91. The van der Waals surface area contributed by atoms with Crippen molar-refractivity contribution in [3.05, 3.63) is 90.5 Å². The van der Waals surface area contributed by atoms with Gasteiger partial charge in [-0.2, -0.15) is 0 Å². The molecule has 1 amide bonds. The van der Waals surface area contributed by atoms with E-state index in [1.54, 1.807) is 31.2 Å². The fourth-order valence-corrected chi connectivity index (χ4v) is 3.59. The molecule has 0 saturated carbocycles. The average Bonchev–Trinajstić information content (AvgIpc) is 2.74. The lowest BCUT2D eigenvalue weighted by molar-refractivity contribution is -0.122. The lowest BCUT2D eigenvalue weighted by atomic mass is 10.2. The summed E-state index contributed by atoms with van der Waals surface area (Å²) in [6, 6.07) is 24.3. The van der Waals surface area contributed by atoms with E-state index in [0.717, 1.165) is 5.56 Å². The molecule has 150 valence electrons. The number of anilines is 1. The first-order chi connectivity index (χ1) is 13.9. The summed E-state index contributed by atoms with van der Waals surface area (Å²) in [6.45, 7) is 1.85. The van der Waals surface area contributed by atoms with Gasteiger partial charge in [-0.05, 0) is 48.9 Å². The Labute approximate surface area is 170 Å². The molecular weight excluding hydrogens is 388 g/mol. The number of para-hydroxylation sites is 1. The van der Waals surface area contributed by atoms with Crippen molar-refractivity contribution < 1.29 is 17.9 Å². The van der Waals surface area contributed by atoms with Crippen LogP contribution >= 0.6 is 0 Å². The van der Waals surface area contributed by atoms with Crippen LogP contribution in [0.5, 0.6) is 5.75 Å². The maximum Gasteiger partial charge on any atom is 0.265 e. The Bertz CT molecular complexity index is 1040. The molecule has 0 spiro atoms. The molecule has 0 fully saturated rings. The van der Waals surface area contributed by atoms with Gasteiger partial charge >= 0.3 is 0 Å². The average molecular weight is 410 g/mol. The van der Waals surface area contributed by atoms with Crippen molar-refractivity contribution in [2.24, 2.45) is 0 Å².